The smallest absolute Gasteiger partial charge is 0.336 e. The largest absolute Gasteiger partial charge is 0.463 e. The number of nitrogens with zero attached hydrogens (tertiary/aromatic N) is 1. The van der Waals surface area contributed by atoms with E-state index in [4.69, 9.17) is 4.74 Å². The number of rotatable bonds is 4. The third-order valence-electron chi connectivity index (χ3n) is 4.44. The van der Waals surface area contributed by atoms with E-state index in [9.17, 15) is 14.9 Å². The number of nitrogens with one attached hydrogen (secondary N) is 1. The quantitative estimate of drug-likeness (QED) is 0.504. The van der Waals surface area contributed by atoms with Gasteiger partial charge in [0.15, 0.2) is 0 Å². The number of allylic oxidation sites excluding steroid dienone is 1. The first-order chi connectivity index (χ1) is 12.4. The van der Waals surface area contributed by atoms with Crippen molar-refractivity contribution in [3.05, 3.63) is 80.5 Å². The zero-order valence-corrected chi connectivity index (χ0v) is 14.9. The van der Waals surface area contributed by atoms with E-state index >= 15 is 0 Å². The molecule has 1 atom stereocenters. The monoisotopic (exact) mass is 352 g/mol. The Balaban J connectivity index is 2.22. The Morgan fingerprint density at radius 3 is 2.69 bits per heavy atom. The molecular formula is C20H20N2O4. The first kappa shape index (κ1) is 17.7. The number of non-ortho nitro benzene ring substituents is 1. The third-order valence-corrected chi connectivity index (χ3v) is 4.44. The maximum Gasteiger partial charge on any atom is 0.336 e. The standard InChI is InChI=1S/C20H20N2O4/c1-4-26-20(23)18-13(3)21-17-9-8-12(2)10-16(17)19(18)14-6-5-7-15(11-14)22(24)25/h5-11,19,21H,4H2,1-3H3. The molecule has 0 amide bonds. The highest BCUT2D eigenvalue weighted by molar-refractivity contribution is 5.94. The molecule has 0 saturated heterocycles. The number of fused-ring (bicyclic) bond motifs is 1. The summed E-state index contributed by atoms with van der Waals surface area (Å²) in [4.78, 5) is 23.4. The number of esters is 1. The minimum absolute atomic E-state index is 0.00361. The van der Waals surface area contributed by atoms with Gasteiger partial charge in [-0.2, -0.15) is 0 Å². The van der Waals surface area contributed by atoms with Crippen LogP contribution in [0.3, 0.4) is 0 Å². The molecule has 6 nitrogen and oxygen atoms in total. The van der Waals surface area contributed by atoms with Gasteiger partial charge in [-0.05, 0) is 38.0 Å². The van der Waals surface area contributed by atoms with Gasteiger partial charge in [-0.3, -0.25) is 10.1 Å². The Kier molecular flexibility index (Phi) is 4.75. The van der Waals surface area contributed by atoms with Gasteiger partial charge in [-0.1, -0.05) is 29.8 Å². The van der Waals surface area contributed by atoms with Crippen molar-refractivity contribution < 1.29 is 14.5 Å². The van der Waals surface area contributed by atoms with Crippen LogP contribution in [0.4, 0.5) is 11.4 Å². The molecule has 0 saturated carbocycles. The van der Waals surface area contributed by atoms with E-state index in [1.165, 1.54) is 12.1 Å². The molecule has 26 heavy (non-hydrogen) atoms. The van der Waals surface area contributed by atoms with Crippen LogP contribution in [0.2, 0.25) is 0 Å². The minimum atomic E-state index is -0.428. The molecule has 1 aliphatic rings. The fraction of sp³-hybridized carbons (Fsp3) is 0.250. The lowest BCUT2D eigenvalue weighted by Crippen LogP contribution is -2.24. The third kappa shape index (κ3) is 3.18. The van der Waals surface area contributed by atoms with Crippen LogP contribution in [-0.4, -0.2) is 17.5 Å². The van der Waals surface area contributed by atoms with Crippen molar-refractivity contribution in [2.24, 2.45) is 0 Å². The number of nitro benzene ring substituents is 1. The van der Waals surface area contributed by atoms with E-state index in [-0.39, 0.29) is 12.3 Å². The summed E-state index contributed by atoms with van der Waals surface area (Å²) in [6, 6.07) is 12.4. The number of hydrogen-bond donors (Lipinski definition) is 1. The number of ether oxygens (including phenoxy) is 1. The Morgan fingerprint density at radius 2 is 2.00 bits per heavy atom. The Hall–Kier alpha value is -3.15. The highest BCUT2D eigenvalue weighted by atomic mass is 16.6. The van der Waals surface area contributed by atoms with Crippen LogP contribution in [0.5, 0.6) is 0 Å². The maximum absolute atomic E-state index is 12.7. The van der Waals surface area contributed by atoms with E-state index < -0.39 is 16.8 Å². The summed E-state index contributed by atoms with van der Waals surface area (Å²) < 4.78 is 5.26. The molecule has 0 aliphatic carbocycles. The zero-order chi connectivity index (χ0) is 18.8. The minimum Gasteiger partial charge on any atom is -0.463 e. The van der Waals surface area contributed by atoms with Gasteiger partial charge in [0.05, 0.1) is 17.1 Å². The molecule has 0 aromatic heterocycles. The summed E-state index contributed by atoms with van der Waals surface area (Å²) in [6.07, 6.45) is 0. The highest BCUT2D eigenvalue weighted by Gasteiger charge is 2.33. The second-order valence-corrected chi connectivity index (χ2v) is 6.26. The van der Waals surface area contributed by atoms with Crippen LogP contribution in [0.1, 0.15) is 36.5 Å². The average molecular weight is 352 g/mol. The van der Waals surface area contributed by atoms with Crippen molar-refractivity contribution in [2.75, 3.05) is 11.9 Å². The first-order valence-corrected chi connectivity index (χ1v) is 8.42. The van der Waals surface area contributed by atoms with Crippen molar-refractivity contribution in [2.45, 2.75) is 26.7 Å². The molecule has 3 rings (SSSR count). The lowest BCUT2D eigenvalue weighted by atomic mass is 9.80. The van der Waals surface area contributed by atoms with Crippen LogP contribution >= 0.6 is 0 Å². The number of nitro groups is 1. The zero-order valence-electron chi connectivity index (χ0n) is 14.9. The summed E-state index contributed by atoms with van der Waals surface area (Å²) >= 11 is 0. The molecule has 0 spiro atoms. The van der Waals surface area contributed by atoms with E-state index in [0.29, 0.717) is 16.8 Å². The van der Waals surface area contributed by atoms with E-state index in [1.807, 2.05) is 38.1 Å². The normalized spacial score (nSPS) is 15.9. The number of aryl methyl sites for hydroxylation is 1. The van der Waals surface area contributed by atoms with Crippen LogP contribution in [0, 0.1) is 17.0 Å². The van der Waals surface area contributed by atoms with Crippen LogP contribution in [0.25, 0.3) is 0 Å². The summed E-state index contributed by atoms with van der Waals surface area (Å²) in [5.74, 6) is -0.841. The van der Waals surface area contributed by atoms with Gasteiger partial charge in [0, 0.05) is 29.4 Å². The molecule has 1 heterocycles. The molecule has 1 unspecified atom stereocenters. The molecule has 0 bridgehead atoms. The van der Waals surface area contributed by atoms with Gasteiger partial charge in [0.2, 0.25) is 0 Å². The van der Waals surface area contributed by atoms with Gasteiger partial charge in [0.1, 0.15) is 0 Å². The van der Waals surface area contributed by atoms with Crippen molar-refractivity contribution >= 4 is 17.3 Å². The number of carbonyl (C=O) groups excluding carboxylic acids is 1. The molecule has 1 N–H and O–H groups in total. The van der Waals surface area contributed by atoms with Crippen molar-refractivity contribution in [3.63, 3.8) is 0 Å². The fourth-order valence-electron chi connectivity index (χ4n) is 3.32. The molecule has 6 heteroatoms. The molecule has 0 radical (unpaired) electrons. The van der Waals surface area contributed by atoms with Gasteiger partial charge >= 0.3 is 5.97 Å². The SMILES string of the molecule is CCOC(=O)C1=C(C)Nc2ccc(C)cc2C1c1cccc([N+](=O)[O-])c1. The maximum atomic E-state index is 12.7. The van der Waals surface area contributed by atoms with E-state index in [0.717, 1.165) is 16.8 Å². The Morgan fingerprint density at radius 1 is 1.23 bits per heavy atom. The van der Waals surface area contributed by atoms with Gasteiger partial charge in [-0.25, -0.2) is 4.79 Å². The summed E-state index contributed by atoms with van der Waals surface area (Å²) in [5.41, 5.74) is 4.69. The van der Waals surface area contributed by atoms with E-state index in [1.54, 1.807) is 13.0 Å². The topological polar surface area (TPSA) is 81.5 Å². The predicted octanol–water partition coefficient (Wildman–Crippen LogP) is 4.30. The summed E-state index contributed by atoms with van der Waals surface area (Å²) in [5, 5.41) is 14.5. The highest BCUT2D eigenvalue weighted by Crippen LogP contribution is 2.43. The van der Waals surface area contributed by atoms with E-state index in [2.05, 4.69) is 5.32 Å². The Bertz CT molecular complexity index is 918. The van der Waals surface area contributed by atoms with Gasteiger partial charge in [0.25, 0.3) is 5.69 Å². The van der Waals surface area contributed by atoms with Crippen molar-refractivity contribution in [1.29, 1.82) is 0 Å². The van der Waals surface area contributed by atoms with Crippen molar-refractivity contribution in [3.8, 4) is 0 Å². The number of carbonyl (C=O) groups is 1. The molecule has 134 valence electrons. The number of hydrogen-bond acceptors (Lipinski definition) is 5. The predicted molar refractivity (Wildman–Crippen MR) is 99.1 cm³/mol. The molecule has 1 aliphatic heterocycles. The first-order valence-electron chi connectivity index (χ1n) is 8.42. The van der Waals surface area contributed by atoms with Crippen LogP contribution in [-0.2, 0) is 9.53 Å². The summed E-state index contributed by atoms with van der Waals surface area (Å²) in [6.45, 7) is 5.81. The molecule has 2 aromatic rings. The molecule has 2 aromatic carbocycles. The molecular weight excluding hydrogens is 332 g/mol. The fourth-order valence-corrected chi connectivity index (χ4v) is 3.32. The Labute approximate surface area is 151 Å². The van der Waals surface area contributed by atoms with Crippen molar-refractivity contribution in [1.82, 2.24) is 0 Å². The lowest BCUT2D eigenvalue weighted by molar-refractivity contribution is -0.384. The second kappa shape index (κ2) is 7.00. The van der Waals surface area contributed by atoms with Crippen LogP contribution < -0.4 is 5.32 Å². The second-order valence-electron chi connectivity index (χ2n) is 6.26. The van der Waals surface area contributed by atoms with Gasteiger partial charge in [-0.15, -0.1) is 0 Å². The lowest BCUT2D eigenvalue weighted by Gasteiger charge is -2.30. The van der Waals surface area contributed by atoms with Gasteiger partial charge < -0.3 is 10.1 Å². The number of benzene rings is 2. The molecule has 0 fully saturated rings. The average Bonchev–Trinajstić information content (AvgIpc) is 2.61. The number of anilines is 1. The van der Waals surface area contributed by atoms with Crippen LogP contribution in [0.15, 0.2) is 53.7 Å². The summed E-state index contributed by atoms with van der Waals surface area (Å²) in [7, 11) is 0.